The first-order valence-corrected chi connectivity index (χ1v) is 4.84. The van der Waals surface area contributed by atoms with Crippen LogP contribution >= 0.6 is 0 Å². The Morgan fingerprint density at radius 2 is 2.00 bits per heavy atom. The van der Waals surface area contributed by atoms with E-state index in [0.29, 0.717) is 5.82 Å². The van der Waals surface area contributed by atoms with Crippen LogP contribution in [0.2, 0.25) is 0 Å². The Bertz CT molecular complexity index is 626. The summed E-state index contributed by atoms with van der Waals surface area (Å²) in [5.41, 5.74) is 8.22. The molecule has 0 aliphatic heterocycles. The standard InChI is InChI=1S/C11H9N5/c12-10-6-13-9(5-14-10)8-3-1-2-7-4-15-16-11(7)8/h1-6H,(H2,12,14)(H,15,16). The van der Waals surface area contributed by atoms with Crippen LogP contribution in [0.1, 0.15) is 0 Å². The number of aromatic nitrogens is 4. The van der Waals surface area contributed by atoms with E-state index in [1.807, 2.05) is 18.2 Å². The van der Waals surface area contributed by atoms with Crippen molar-refractivity contribution in [3.8, 4) is 11.3 Å². The van der Waals surface area contributed by atoms with Crippen molar-refractivity contribution in [2.75, 3.05) is 5.73 Å². The molecule has 0 spiro atoms. The Labute approximate surface area is 91.3 Å². The Hall–Kier alpha value is -2.43. The minimum absolute atomic E-state index is 0.417. The number of nitrogens with one attached hydrogen (secondary N) is 1. The van der Waals surface area contributed by atoms with Gasteiger partial charge < -0.3 is 5.73 Å². The van der Waals surface area contributed by atoms with Gasteiger partial charge in [-0.15, -0.1) is 0 Å². The molecule has 3 rings (SSSR count). The summed E-state index contributed by atoms with van der Waals surface area (Å²) in [6.45, 7) is 0. The number of aromatic amines is 1. The van der Waals surface area contributed by atoms with Crippen LogP contribution in [0.3, 0.4) is 0 Å². The molecule has 0 aliphatic rings. The van der Waals surface area contributed by atoms with Crippen LogP contribution in [0.15, 0.2) is 36.8 Å². The van der Waals surface area contributed by atoms with E-state index in [2.05, 4.69) is 20.2 Å². The number of nitrogen functional groups attached to an aromatic ring is 1. The summed E-state index contributed by atoms with van der Waals surface area (Å²) in [5, 5.41) is 8.01. The average Bonchev–Trinajstić information content (AvgIpc) is 2.78. The van der Waals surface area contributed by atoms with Gasteiger partial charge >= 0.3 is 0 Å². The number of hydrogen-bond acceptors (Lipinski definition) is 4. The van der Waals surface area contributed by atoms with Gasteiger partial charge in [0.05, 0.1) is 29.8 Å². The van der Waals surface area contributed by atoms with E-state index in [9.17, 15) is 0 Å². The SMILES string of the molecule is Nc1cnc(-c2cccc3cn[nH]c23)cn1. The molecule has 0 amide bonds. The highest BCUT2D eigenvalue weighted by Crippen LogP contribution is 2.24. The minimum atomic E-state index is 0.417. The summed E-state index contributed by atoms with van der Waals surface area (Å²) < 4.78 is 0. The van der Waals surface area contributed by atoms with E-state index in [4.69, 9.17) is 5.73 Å². The molecule has 3 aromatic rings. The smallest absolute Gasteiger partial charge is 0.141 e. The zero-order valence-electron chi connectivity index (χ0n) is 8.38. The molecule has 2 heterocycles. The van der Waals surface area contributed by atoms with Crippen molar-refractivity contribution in [3.05, 3.63) is 36.8 Å². The van der Waals surface area contributed by atoms with Gasteiger partial charge in [0, 0.05) is 10.9 Å². The van der Waals surface area contributed by atoms with E-state index >= 15 is 0 Å². The lowest BCUT2D eigenvalue weighted by Gasteiger charge is -2.01. The van der Waals surface area contributed by atoms with Crippen LogP contribution in [0.25, 0.3) is 22.2 Å². The van der Waals surface area contributed by atoms with E-state index in [1.165, 1.54) is 0 Å². The molecule has 5 heteroatoms. The second-order valence-electron chi connectivity index (χ2n) is 3.47. The van der Waals surface area contributed by atoms with E-state index in [0.717, 1.165) is 22.2 Å². The predicted molar refractivity (Wildman–Crippen MR) is 61.5 cm³/mol. The zero-order chi connectivity index (χ0) is 11.0. The van der Waals surface area contributed by atoms with Crippen molar-refractivity contribution in [2.45, 2.75) is 0 Å². The predicted octanol–water partition coefficient (Wildman–Crippen LogP) is 1.60. The molecule has 0 aliphatic carbocycles. The summed E-state index contributed by atoms with van der Waals surface area (Å²) >= 11 is 0. The van der Waals surface area contributed by atoms with Gasteiger partial charge in [-0.2, -0.15) is 5.10 Å². The molecule has 0 radical (unpaired) electrons. The molecule has 0 saturated carbocycles. The van der Waals surface area contributed by atoms with Crippen LogP contribution in [0, 0.1) is 0 Å². The van der Waals surface area contributed by atoms with Crippen molar-refractivity contribution in [1.82, 2.24) is 20.2 Å². The molecule has 0 atom stereocenters. The van der Waals surface area contributed by atoms with Crippen molar-refractivity contribution in [3.63, 3.8) is 0 Å². The number of fused-ring (bicyclic) bond motifs is 1. The number of hydrogen-bond donors (Lipinski definition) is 2. The number of nitrogens with two attached hydrogens (primary N) is 1. The quantitative estimate of drug-likeness (QED) is 0.640. The largest absolute Gasteiger partial charge is 0.382 e. The van der Waals surface area contributed by atoms with Crippen LogP contribution in [0.4, 0.5) is 5.82 Å². The number of nitrogens with zero attached hydrogens (tertiary/aromatic N) is 3. The molecule has 0 fully saturated rings. The second-order valence-corrected chi connectivity index (χ2v) is 3.47. The minimum Gasteiger partial charge on any atom is -0.382 e. The maximum absolute atomic E-state index is 5.50. The number of H-pyrrole nitrogens is 1. The fraction of sp³-hybridized carbons (Fsp3) is 0. The fourth-order valence-electron chi connectivity index (χ4n) is 1.66. The lowest BCUT2D eigenvalue weighted by atomic mass is 10.1. The van der Waals surface area contributed by atoms with E-state index in [-0.39, 0.29) is 0 Å². The molecular formula is C11H9N5. The van der Waals surface area contributed by atoms with Gasteiger partial charge in [0.15, 0.2) is 0 Å². The van der Waals surface area contributed by atoms with E-state index in [1.54, 1.807) is 18.6 Å². The number of benzene rings is 1. The highest BCUT2D eigenvalue weighted by Gasteiger charge is 2.06. The fourth-order valence-corrected chi connectivity index (χ4v) is 1.66. The highest BCUT2D eigenvalue weighted by atomic mass is 15.1. The second kappa shape index (κ2) is 3.30. The summed E-state index contributed by atoms with van der Waals surface area (Å²) in [5.74, 6) is 0.417. The third-order valence-corrected chi connectivity index (χ3v) is 2.42. The first-order valence-electron chi connectivity index (χ1n) is 4.84. The topological polar surface area (TPSA) is 80.5 Å². The average molecular weight is 211 g/mol. The van der Waals surface area contributed by atoms with Gasteiger partial charge in [-0.1, -0.05) is 18.2 Å². The lowest BCUT2D eigenvalue weighted by molar-refractivity contribution is 1.12. The molecule has 2 aromatic heterocycles. The van der Waals surface area contributed by atoms with Crippen LogP contribution in [-0.4, -0.2) is 20.2 Å². The molecule has 0 saturated heterocycles. The molecule has 5 nitrogen and oxygen atoms in total. The van der Waals surface area contributed by atoms with Gasteiger partial charge in [0.25, 0.3) is 0 Å². The van der Waals surface area contributed by atoms with Gasteiger partial charge in [-0.25, -0.2) is 4.98 Å². The van der Waals surface area contributed by atoms with Crippen molar-refractivity contribution < 1.29 is 0 Å². The van der Waals surface area contributed by atoms with Crippen molar-refractivity contribution in [2.24, 2.45) is 0 Å². The lowest BCUT2D eigenvalue weighted by Crippen LogP contribution is -1.92. The molecule has 78 valence electrons. The number of anilines is 1. The number of rotatable bonds is 1. The summed E-state index contributed by atoms with van der Waals surface area (Å²) in [4.78, 5) is 8.27. The maximum Gasteiger partial charge on any atom is 0.141 e. The zero-order valence-corrected chi connectivity index (χ0v) is 8.38. The van der Waals surface area contributed by atoms with Crippen LogP contribution < -0.4 is 5.73 Å². The third kappa shape index (κ3) is 1.30. The molecule has 1 aromatic carbocycles. The normalized spacial score (nSPS) is 10.8. The van der Waals surface area contributed by atoms with Crippen LogP contribution in [-0.2, 0) is 0 Å². The Kier molecular flexibility index (Phi) is 1.83. The summed E-state index contributed by atoms with van der Waals surface area (Å²) in [7, 11) is 0. The molecule has 0 bridgehead atoms. The monoisotopic (exact) mass is 211 g/mol. The first-order chi connectivity index (χ1) is 7.84. The van der Waals surface area contributed by atoms with Crippen molar-refractivity contribution in [1.29, 1.82) is 0 Å². The van der Waals surface area contributed by atoms with Gasteiger partial charge in [-0.3, -0.25) is 10.1 Å². The highest BCUT2D eigenvalue weighted by molar-refractivity contribution is 5.92. The van der Waals surface area contributed by atoms with Gasteiger partial charge in [-0.05, 0) is 0 Å². The van der Waals surface area contributed by atoms with Gasteiger partial charge in [0.2, 0.25) is 0 Å². The maximum atomic E-state index is 5.50. The van der Waals surface area contributed by atoms with Gasteiger partial charge in [0.1, 0.15) is 5.82 Å². The third-order valence-electron chi connectivity index (χ3n) is 2.42. The van der Waals surface area contributed by atoms with Crippen LogP contribution in [0.5, 0.6) is 0 Å². The number of para-hydroxylation sites is 1. The summed E-state index contributed by atoms with van der Waals surface area (Å²) in [6, 6.07) is 5.93. The molecule has 16 heavy (non-hydrogen) atoms. The van der Waals surface area contributed by atoms with Crippen molar-refractivity contribution >= 4 is 16.7 Å². The first kappa shape index (κ1) is 8.84. The Balaban J connectivity index is 2.25. The Morgan fingerprint density at radius 3 is 2.81 bits per heavy atom. The Morgan fingerprint density at radius 1 is 1.06 bits per heavy atom. The van der Waals surface area contributed by atoms with E-state index < -0.39 is 0 Å². The molecular weight excluding hydrogens is 202 g/mol. The molecule has 3 N–H and O–H groups in total. The molecule has 0 unspecified atom stereocenters. The summed E-state index contributed by atoms with van der Waals surface area (Å²) in [6.07, 6.45) is 4.99.